The molecule has 1 aromatic heterocycles. The molecule has 0 atom stereocenters. The Morgan fingerprint density at radius 1 is 1.00 bits per heavy atom. The summed E-state index contributed by atoms with van der Waals surface area (Å²) in [6.07, 6.45) is 0. The van der Waals surface area contributed by atoms with Crippen molar-refractivity contribution >= 4 is 16.9 Å². The third kappa shape index (κ3) is 5.41. The van der Waals surface area contributed by atoms with Crippen LogP contribution in [0.15, 0.2) is 53.0 Å². The van der Waals surface area contributed by atoms with Crippen molar-refractivity contribution in [2.75, 3.05) is 13.2 Å². The van der Waals surface area contributed by atoms with Crippen LogP contribution in [0.25, 0.3) is 22.1 Å². The number of furan rings is 1. The minimum absolute atomic E-state index is 0.0519. The Morgan fingerprint density at radius 2 is 1.64 bits per heavy atom. The van der Waals surface area contributed by atoms with E-state index in [-0.39, 0.29) is 30.0 Å². The molecule has 0 fully saturated rings. The Bertz CT molecular complexity index is 1170. The van der Waals surface area contributed by atoms with E-state index in [2.05, 4.69) is 60.3 Å². The summed E-state index contributed by atoms with van der Waals surface area (Å²) in [6, 6.07) is 11.7. The third-order valence-electron chi connectivity index (χ3n) is 5.52. The van der Waals surface area contributed by atoms with Gasteiger partial charge in [0, 0.05) is 16.5 Å². The monoisotopic (exact) mass is 450 g/mol. The Labute approximate surface area is 196 Å². The Kier molecular flexibility index (Phi) is 6.64. The number of hydrogen-bond donors (Lipinski definition) is 1. The Balaban J connectivity index is 1.93. The van der Waals surface area contributed by atoms with E-state index in [4.69, 9.17) is 13.9 Å². The Morgan fingerprint density at radius 3 is 2.18 bits per heavy atom. The van der Waals surface area contributed by atoms with Crippen LogP contribution in [0.1, 0.15) is 59.6 Å². The fourth-order valence-corrected chi connectivity index (χ4v) is 3.59. The van der Waals surface area contributed by atoms with Gasteiger partial charge < -0.3 is 19.0 Å². The standard InChI is InChI=1S/C28H34O5/c1-17(2)25(29)32-14-13-31-20-11-9-18(10-12-20)23-21-15-19(27(3,4)5)16-22(28(6,7)8)24(21)33-26(23)30/h9-12,15-16,30H,1,13-14H2,2-8H3. The highest BCUT2D eigenvalue weighted by molar-refractivity contribution is 5.99. The molecule has 0 bridgehead atoms. The van der Waals surface area contributed by atoms with Gasteiger partial charge in [0.1, 0.15) is 24.5 Å². The average Bonchev–Trinajstić information content (AvgIpc) is 3.04. The van der Waals surface area contributed by atoms with Gasteiger partial charge in [-0.25, -0.2) is 4.79 Å². The lowest BCUT2D eigenvalue weighted by atomic mass is 9.79. The second kappa shape index (κ2) is 8.97. The molecular weight excluding hydrogens is 416 g/mol. The largest absolute Gasteiger partial charge is 0.490 e. The van der Waals surface area contributed by atoms with Gasteiger partial charge in [0.05, 0.1) is 5.56 Å². The molecule has 1 N–H and O–H groups in total. The molecule has 5 heteroatoms. The first-order valence-corrected chi connectivity index (χ1v) is 11.2. The number of esters is 1. The summed E-state index contributed by atoms with van der Waals surface area (Å²) in [5.41, 5.74) is 4.62. The first-order valence-electron chi connectivity index (χ1n) is 11.2. The van der Waals surface area contributed by atoms with Crippen LogP contribution in [0.4, 0.5) is 0 Å². The van der Waals surface area contributed by atoms with E-state index in [1.54, 1.807) is 6.92 Å². The zero-order chi connectivity index (χ0) is 24.6. The molecule has 0 amide bonds. The van der Waals surface area contributed by atoms with E-state index in [0.29, 0.717) is 22.5 Å². The molecule has 0 spiro atoms. The van der Waals surface area contributed by atoms with Crippen LogP contribution < -0.4 is 4.74 Å². The summed E-state index contributed by atoms with van der Waals surface area (Å²) in [7, 11) is 0. The SMILES string of the molecule is C=C(C)C(=O)OCCOc1ccc(-c2c(O)oc3c(C(C)(C)C)cc(C(C)(C)C)cc23)cc1. The predicted octanol–water partition coefficient (Wildman–Crippen LogP) is 6.90. The molecule has 0 radical (unpaired) electrons. The molecule has 176 valence electrons. The quantitative estimate of drug-likeness (QED) is 0.251. The van der Waals surface area contributed by atoms with Crippen LogP contribution in [0.3, 0.4) is 0 Å². The van der Waals surface area contributed by atoms with Gasteiger partial charge in [0.2, 0.25) is 0 Å². The summed E-state index contributed by atoms with van der Waals surface area (Å²) in [5.74, 6) is 0.116. The van der Waals surface area contributed by atoms with E-state index < -0.39 is 5.97 Å². The summed E-state index contributed by atoms with van der Waals surface area (Å²) in [4.78, 5) is 11.4. The summed E-state index contributed by atoms with van der Waals surface area (Å²) >= 11 is 0. The van der Waals surface area contributed by atoms with Crippen LogP contribution in [0, 0.1) is 0 Å². The maximum absolute atomic E-state index is 11.4. The van der Waals surface area contributed by atoms with Crippen molar-refractivity contribution < 1.29 is 23.8 Å². The van der Waals surface area contributed by atoms with Crippen molar-refractivity contribution in [2.24, 2.45) is 0 Å². The van der Waals surface area contributed by atoms with Crippen molar-refractivity contribution in [3.05, 3.63) is 59.7 Å². The lowest BCUT2D eigenvalue weighted by molar-refractivity contribution is -0.139. The number of aromatic hydroxyl groups is 1. The van der Waals surface area contributed by atoms with Gasteiger partial charge in [-0.1, -0.05) is 66.3 Å². The van der Waals surface area contributed by atoms with Gasteiger partial charge in [-0.15, -0.1) is 0 Å². The molecule has 3 rings (SSSR count). The Hall–Kier alpha value is -3.21. The van der Waals surface area contributed by atoms with Gasteiger partial charge >= 0.3 is 5.97 Å². The minimum atomic E-state index is -0.430. The van der Waals surface area contributed by atoms with E-state index in [1.807, 2.05) is 24.3 Å². The van der Waals surface area contributed by atoms with Crippen LogP contribution in [-0.2, 0) is 20.4 Å². The maximum Gasteiger partial charge on any atom is 0.333 e. The molecule has 0 saturated heterocycles. The lowest BCUT2D eigenvalue weighted by Crippen LogP contribution is -2.16. The van der Waals surface area contributed by atoms with Crippen molar-refractivity contribution in [2.45, 2.75) is 59.3 Å². The topological polar surface area (TPSA) is 68.9 Å². The highest BCUT2D eigenvalue weighted by atomic mass is 16.6. The number of carbonyl (C=O) groups is 1. The summed E-state index contributed by atoms with van der Waals surface area (Å²) in [5, 5.41) is 11.7. The van der Waals surface area contributed by atoms with Gasteiger partial charge in [0.25, 0.3) is 5.95 Å². The molecule has 0 aliphatic rings. The lowest BCUT2D eigenvalue weighted by Gasteiger charge is -2.25. The molecule has 3 aromatic rings. The van der Waals surface area contributed by atoms with Gasteiger partial charge in [-0.05, 0) is 47.1 Å². The molecule has 0 unspecified atom stereocenters. The van der Waals surface area contributed by atoms with Crippen LogP contribution >= 0.6 is 0 Å². The van der Waals surface area contributed by atoms with E-state index in [9.17, 15) is 9.90 Å². The summed E-state index contributed by atoms with van der Waals surface area (Å²) in [6.45, 7) is 18.5. The van der Waals surface area contributed by atoms with Gasteiger partial charge in [-0.3, -0.25) is 0 Å². The zero-order valence-corrected chi connectivity index (χ0v) is 20.7. The molecule has 1 heterocycles. The maximum atomic E-state index is 11.4. The average molecular weight is 451 g/mol. The number of rotatable bonds is 6. The second-order valence-electron chi connectivity index (χ2n) is 10.5. The van der Waals surface area contributed by atoms with E-state index in [0.717, 1.165) is 16.5 Å². The van der Waals surface area contributed by atoms with Crippen molar-refractivity contribution in [3.63, 3.8) is 0 Å². The van der Waals surface area contributed by atoms with Crippen molar-refractivity contribution in [1.82, 2.24) is 0 Å². The van der Waals surface area contributed by atoms with Gasteiger partial charge in [-0.2, -0.15) is 0 Å². The van der Waals surface area contributed by atoms with Crippen LogP contribution in [-0.4, -0.2) is 24.3 Å². The molecule has 33 heavy (non-hydrogen) atoms. The second-order valence-corrected chi connectivity index (χ2v) is 10.5. The minimum Gasteiger partial charge on any atom is -0.490 e. The molecule has 0 saturated carbocycles. The summed E-state index contributed by atoms with van der Waals surface area (Å²) < 4.78 is 16.6. The van der Waals surface area contributed by atoms with Gasteiger partial charge in [0.15, 0.2) is 0 Å². The van der Waals surface area contributed by atoms with Crippen molar-refractivity contribution in [1.29, 1.82) is 0 Å². The smallest absolute Gasteiger partial charge is 0.333 e. The first kappa shape index (κ1) is 24.4. The van der Waals surface area contributed by atoms with Crippen LogP contribution in [0.5, 0.6) is 11.7 Å². The fraction of sp³-hybridized carbons (Fsp3) is 0.393. The molecule has 2 aromatic carbocycles. The number of benzene rings is 2. The zero-order valence-electron chi connectivity index (χ0n) is 20.7. The highest BCUT2D eigenvalue weighted by Gasteiger charge is 2.27. The number of carbonyl (C=O) groups excluding carboxylic acids is 1. The van der Waals surface area contributed by atoms with E-state index >= 15 is 0 Å². The molecule has 0 aliphatic heterocycles. The molecule has 5 nitrogen and oxygen atoms in total. The molecular formula is C28H34O5. The first-order chi connectivity index (χ1) is 15.3. The highest BCUT2D eigenvalue weighted by Crippen LogP contribution is 2.45. The predicted molar refractivity (Wildman–Crippen MR) is 132 cm³/mol. The molecule has 0 aliphatic carbocycles. The normalized spacial score (nSPS) is 12.1. The number of fused-ring (bicyclic) bond motifs is 1. The van der Waals surface area contributed by atoms with Crippen LogP contribution in [0.2, 0.25) is 0 Å². The third-order valence-corrected chi connectivity index (χ3v) is 5.52. The number of hydrogen-bond acceptors (Lipinski definition) is 5. The van der Waals surface area contributed by atoms with Crippen molar-refractivity contribution in [3.8, 4) is 22.8 Å². The number of ether oxygens (including phenoxy) is 2. The fourth-order valence-electron chi connectivity index (χ4n) is 3.59. The van der Waals surface area contributed by atoms with E-state index in [1.165, 1.54) is 5.56 Å².